The molecule has 0 saturated carbocycles. The molecule has 0 aliphatic rings. The summed E-state index contributed by atoms with van der Waals surface area (Å²) in [6.07, 6.45) is -1.07. The number of carbonyl (C=O) groups is 1. The second-order valence-corrected chi connectivity index (χ2v) is 2.54. The zero-order valence-electron chi connectivity index (χ0n) is 10.9. The first-order valence-electron chi connectivity index (χ1n) is 5.24. The number of aliphatic hydroxyl groups is 2. The molecule has 78 valence electrons. The molecule has 0 bridgehead atoms. The lowest BCUT2D eigenvalue weighted by molar-refractivity contribution is -0.418. The first-order valence-corrected chi connectivity index (χ1v) is 3.61. The molecule has 1 unspecified atom stereocenters. The van der Waals surface area contributed by atoms with Gasteiger partial charge in [-0.3, -0.25) is 10.4 Å². The van der Waals surface area contributed by atoms with Gasteiger partial charge in [-0.15, -0.1) is 0 Å². The monoisotopic (exact) mass is 199 g/mol. The third-order valence-electron chi connectivity index (χ3n) is 1.56. The smallest absolute Gasteiger partial charge is 0.359 e. The maximum absolute atomic E-state index is 11.1. The fourth-order valence-corrected chi connectivity index (χ4v) is 0.791. The minimum absolute atomic E-state index is 0.0118. The van der Waals surface area contributed by atoms with Gasteiger partial charge in [0.25, 0.3) is 5.72 Å². The van der Waals surface area contributed by atoms with E-state index in [4.69, 9.17) is 10.8 Å². The Morgan fingerprint density at radius 3 is 2.69 bits per heavy atom. The van der Waals surface area contributed by atoms with Crippen molar-refractivity contribution >= 4 is 5.97 Å². The average Bonchev–Trinajstić information content (AvgIpc) is 2.33. The number of nitrogens with zero attached hydrogens (tertiary/aromatic N) is 1. The number of rotatable bonds is 9. The normalized spacial score (nSPS) is 22.3. The zero-order valence-corrected chi connectivity index (χ0v) is 6.93. The van der Waals surface area contributed by atoms with Gasteiger partial charge in [0.15, 0.2) is 0 Å². The summed E-state index contributed by atoms with van der Waals surface area (Å²) in [5.74, 6) is -1.79. The van der Waals surface area contributed by atoms with Gasteiger partial charge >= 0.3 is 5.97 Å². The van der Waals surface area contributed by atoms with E-state index < -0.39 is 17.8 Å². The highest BCUT2D eigenvalue weighted by molar-refractivity contribution is 5.76. The summed E-state index contributed by atoms with van der Waals surface area (Å²) in [6.45, 7) is 1.68. The van der Waals surface area contributed by atoms with Crippen LogP contribution >= 0.6 is 0 Å². The molecule has 7 heteroatoms. The highest BCUT2D eigenvalue weighted by atomic mass is 16.8. The molecule has 5 N–H and O–H groups in total. The van der Waals surface area contributed by atoms with Crippen molar-refractivity contribution in [3.63, 3.8) is 0 Å². The van der Waals surface area contributed by atoms with E-state index in [1.54, 1.807) is 6.92 Å². The van der Waals surface area contributed by atoms with E-state index in [9.17, 15) is 4.79 Å². The summed E-state index contributed by atoms with van der Waals surface area (Å²) in [7, 11) is 0. The van der Waals surface area contributed by atoms with Gasteiger partial charge in [-0.25, -0.2) is 4.79 Å². The number of aliphatic carboxylic acids is 1. The molecule has 0 fully saturated rings. The van der Waals surface area contributed by atoms with Gasteiger partial charge in [-0.05, 0) is 11.6 Å². The number of hydroxylamine groups is 2. The largest absolute Gasteiger partial charge is 0.478 e. The fraction of sp³-hybridized carbons (Fsp3) is 0.833. The Hall–Kier alpha value is -0.730. The van der Waals surface area contributed by atoms with E-state index >= 15 is 0 Å². The van der Waals surface area contributed by atoms with Crippen LogP contribution in [0.2, 0.25) is 2.86 Å². The van der Waals surface area contributed by atoms with Crippen molar-refractivity contribution < 1.29 is 33.4 Å². The highest BCUT2D eigenvalue weighted by Gasteiger charge is 2.49. The molecule has 0 radical (unpaired) electrons. The molecule has 0 aromatic carbocycles. The lowest BCUT2D eigenvalue weighted by Crippen LogP contribution is -2.60. The molecule has 0 aromatic heterocycles. The molecule has 0 spiro atoms. The van der Waals surface area contributed by atoms with Crippen molar-refractivity contribution in [2.24, 2.45) is 0 Å². The lowest BCUT2D eigenvalue weighted by atomic mass is 10.0. The van der Waals surface area contributed by atoms with E-state index in [-0.39, 0.29) is 11.6 Å². The summed E-state index contributed by atoms with van der Waals surface area (Å²) >= 11 is 0. The number of carboxylic acids is 1. The van der Waals surface area contributed by atoms with Gasteiger partial charge in [0.1, 0.15) is 6.10 Å². The van der Waals surface area contributed by atoms with Crippen molar-refractivity contribution in [3.8, 4) is 0 Å². The second kappa shape index (κ2) is 4.49. The van der Waals surface area contributed by atoms with E-state index in [1.807, 2.05) is 0 Å². The Morgan fingerprint density at radius 1 is 1.69 bits per heavy atom. The predicted molar refractivity (Wildman–Crippen MR) is 38.9 cm³/mol. The van der Waals surface area contributed by atoms with Gasteiger partial charge in [-0.2, -0.15) is 0 Å². The van der Waals surface area contributed by atoms with Crippen LogP contribution in [-0.4, -0.2) is 51.6 Å². The van der Waals surface area contributed by atoms with Crippen LogP contribution in [0.5, 0.6) is 0 Å². The van der Waals surface area contributed by atoms with Gasteiger partial charge in [0.2, 0.25) is 5.72 Å². The third kappa shape index (κ3) is 2.36. The zero-order chi connectivity index (χ0) is 13.5. The average molecular weight is 199 g/mol. The van der Waals surface area contributed by atoms with E-state index in [0.717, 1.165) is 0 Å². The number of aliphatic hydroxyl groups excluding tert-OH is 1. The van der Waals surface area contributed by atoms with Crippen LogP contribution in [-0.2, 0) is 4.79 Å². The van der Waals surface area contributed by atoms with Crippen LogP contribution in [0.25, 0.3) is 0 Å². The van der Waals surface area contributed by atoms with Crippen molar-refractivity contribution in [2.45, 2.75) is 31.6 Å². The molecule has 0 amide bonds. The molecule has 0 saturated heterocycles. The van der Waals surface area contributed by atoms with Gasteiger partial charge < -0.3 is 15.3 Å². The molecule has 13 heavy (non-hydrogen) atoms. The molecule has 7 nitrogen and oxygen atoms in total. The molecule has 0 heterocycles. The maximum Gasteiger partial charge on any atom is 0.359 e. The van der Waals surface area contributed by atoms with Crippen LogP contribution in [0.3, 0.4) is 0 Å². The molecule has 0 aliphatic carbocycles. The summed E-state index contributed by atoms with van der Waals surface area (Å²) in [5.41, 5.74) is -2.73. The Balaban J connectivity index is 5.38. The SMILES string of the molecule is [2H]OC(CCC)[C@@](O[2H])(C(=O)O)N(O[2H])O[2H]. The molecule has 0 rings (SSSR count). The Labute approximate surface area is 80.3 Å². The fourth-order valence-electron chi connectivity index (χ4n) is 0.791. The van der Waals surface area contributed by atoms with E-state index in [0.29, 0.717) is 6.42 Å². The van der Waals surface area contributed by atoms with E-state index in [1.165, 1.54) is 0 Å². The minimum Gasteiger partial charge on any atom is -0.478 e. The van der Waals surface area contributed by atoms with Crippen molar-refractivity contribution in [1.29, 1.82) is 2.86 Å². The summed E-state index contributed by atoms with van der Waals surface area (Å²) in [6, 6.07) is 0. The van der Waals surface area contributed by atoms with Crippen LogP contribution in [0.4, 0.5) is 0 Å². The standard InChI is InChI=1S/C6H13NO6/c1-2-3-4(8)6(11,5(9)10)7(12)13/h4,8,11-13H,2-3H2,1H3,(H,9,10)/t4?,6-/m1/s1/i8D,11D,12D,13D. The van der Waals surface area contributed by atoms with Crippen molar-refractivity contribution in [1.82, 2.24) is 5.23 Å². The number of carboxylic acid groups (broad SMARTS) is 1. The second-order valence-electron chi connectivity index (χ2n) is 2.54. The molecular formula is C6H13NO6. The lowest BCUT2D eigenvalue weighted by Gasteiger charge is -2.30. The van der Waals surface area contributed by atoms with Crippen molar-refractivity contribution in [3.05, 3.63) is 0 Å². The third-order valence-corrected chi connectivity index (χ3v) is 1.56. The summed E-state index contributed by atoms with van der Waals surface area (Å²) < 4.78 is 26.6. The van der Waals surface area contributed by atoms with Crippen molar-refractivity contribution in [2.75, 3.05) is 0 Å². The molecular weight excluding hydrogens is 182 g/mol. The van der Waals surface area contributed by atoms with Gasteiger partial charge in [-0.1, -0.05) is 13.3 Å². The first-order chi connectivity index (χ1) is 8.04. The Kier molecular flexibility index (Phi) is 2.31. The van der Waals surface area contributed by atoms with E-state index in [2.05, 4.69) is 20.6 Å². The predicted octanol–water partition coefficient (Wildman–Crippen LogP) is -0.999. The topological polar surface area (TPSA) is 121 Å². The molecule has 2 atom stereocenters. The van der Waals surface area contributed by atoms with Crippen LogP contribution in [0.15, 0.2) is 0 Å². The number of hydrogen-bond donors (Lipinski definition) is 5. The minimum atomic E-state index is -2.73. The maximum atomic E-state index is 11.1. The van der Waals surface area contributed by atoms with Gasteiger partial charge in [0.05, 0.1) is 0 Å². The van der Waals surface area contributed by atoms with Crippen LogP contribution in [0.1, 0.15) is 19.8 Å². The van der Waals surface area contributed by atoms with Crippen LogP contribution in [0, 0.1) is 0 Å². The molecule has 0 aliphatic heterocycles. The number of hydrogen-bond acceptors (Lipinski definition) is 6. The molecule has 0 aromatic rings. The van der Waals surface area contributed by atoms with Gasteiger partial charge in [0, 0.05) is 0 Å². The summed E-state index contributed by atoms with van der Waals surface area (Å²) in [4.78, 5) is 11.1. The van der Waals surface area contributed by atoms with Crippen LogP contribution < -0.4 is 0 Å². The Bertz CT molecular complexity index is 243. The highest BCUT2D eigenvalue weighted by Crippen LogP contribution is 2.17. The first kappa shape index (κ1) is 6.68. The Morgan fingerprint density at radius 2 is 2.38 bits per heavy atom. The quantitative estimate of drug-likeness (QED) is 0.238. The summed E-state index contributed by atoms with van der Waals surface area (Å²) in [5, 5.41) is 24.4.